The number of hydrogen-bond acceptors (Lipinski definition) is 4. The fraction of sp³-hybridized carbons (Fsp3) is 0.176. The van der Waals surface area contributed by atoms with Crippen molar-refractivity contribution in [3.63, 3.8) is 0 Å². The SMILES string of the molecule is C=CCNS(=O)(=O)Cc1ccc(NC(=O)c2ccc(C)nc2)cc1. The van der Waals surface area contributed by atoms with Crippen LogP contribution in [0.1, 0.15) is 21.6 Å². The minimum absolute atomic E-state index is 0.128. The molecule has 1 heterocycles. The number of nitrogens with one attached hydrogen (secondary N) is 2. The Morgan fingerprint density at radius 1 is 1.21 bits per heavy atom. The second kappa shape index (κ2) is 7.85. The van der Waals surface area contributed by atoms with Gasteiger partial charge in [0.1, 0.15) is 0 Å². The molecule has 126 valence electrons. The molecule has 0 saturated carbocycles. The summed E-state index contributed by atoms with van der Waals surface area (Å²) in [6.07, 6.45) is 2.99. The van der Waals surface area contributed by atoms with E-state index in [0.29, 0.717) is 16.8 Å². The van der Waals surface area contributed by atoms with E-state index < -0.39 is 10.0 Å². The van der Waals surface area contributed by atoms with Crippen LogP contribution in [0.3, 0.4) is 0 Å². The summed E-state index contributed by atoms with van der Waals surface area (Å²) in [6, 6.07) is 10.1. The average Bonchev–Trinajstić information content (AvgIpc) is 2.55. The van der Waals surface area contributed by atoms with Gasteiger partial charge in [-0.15, -0.1) is 6.58 Å². The van der Waals surface area contributed by atoms with Crippen molar-refractivity contribution in [2.75, 3.05) is 11.9 Å². The molecule has 7 heteroatoms. The van der Waals surface area contributed by atoms with Crippen LogP contribution in [0.25, 0.3) is 0 Å². The number of hydrogen-bond donors (Lipinski definition) is 2. The lowest BCUT2D eigenvalue weighted by atomic mass is 10.2. The molecule has 1 aromatic carbocycles. The van der Waals surface area contributed by atoms with Crippen LogP contribution in [-0.4, -0.2) is 25.9 Å². The molecule has 0 aliphatic carbocycles. The van der Waals surface area contributed by atoms with Crippen LogP contribution in [0, 0.1) is 6.92 Å². The van der Waals surface area contributed by atoms with Crippen LogP contribution in [0.15, 0.2) is 55.3 Å². The number of sulfonamides is 1. The number of carbonyl (C=O) groups excluding carboxylic acids is 1. The number of nitrogens with zero attached hydrogens (tertiary/aromatic N) is 1. The van der Waals surface area contributed by atoms with Gasteiger partial charge in [0, 0.05) is 24.1 Å². The third-order valence-electron chi connectivity index (χ3n) is 3.19. The van der Waals surface area contributed by atoms with Gasteiger partial charge in [-0.3, -0.25) is 9.78 Å². The van der Waals surface area contributed by atoms with Gasteiger partial charge in [0.25, 0.3) is 5.91 Å². The van der Waals surface area contributed by atoms with E-state index in [1.54, 1.807) is 36.4 Å². The molecule has 0 radical (unpaired) electrons. The Hall–Kier alpha value is -2.51. The standard InChI is InChI=1S/C17H19N3O3S/c1-3-10-19-24(22,23)12-14-5-8-16(9-6-14)20-17(21)15-7-4-13(2)18-11-15/h3-9,11,19H,1,10,12H2,2H3,(H,20,21). The van der Waals surface area contributed by atoms with Crippen molar-refractivity contribution in [2.45, 2.75) is 12.7 Å². The van der Waals surface area contributed by atoms with Crippen LogP contribution >= 0.6 is 0 Å². The van der Waals surface area contributed by atoms with E-state index in [0.717, 1.165) is 5.69 Å². The summed E-state index contributed by atoms with van der Waals surface area (Å²) in [7, 11) is -3.40. The normalized spacial score (nSPS) is 11.0. The zero-order chi connectivity index (χ0) is 17.6. The Bertz CT molecular complexity index is 813. The molecule has 1 aromatic heterocycles. The molecule has 0 atom stereocenters. The molecule has 6 nitrogen and oxygen atoms in total. The molecular weight excluding hydrogens is 326 g/mol. The highest BCUT2D eigenvalue weighted by atomic mass is 32.2. The van der Waals surface area contributed by atoms with Gasteiger partial charge in [0.05, 0.1) is 11.3 Å². The summed E-state index contributed by atoms with van der Waals surface area (Å²) in [4.78, 5) is 16.2. The van der Waals surface area contributed by atoms with Crippen molar-refractivity contribution in [2.24, 2.45) is 0 Å². The third-order valence-corrected chi connectivity index (χ3v) is 4.51. The van der Waals surface area contributed by atoms with Gasteiger partial charge in [-0.05, 0) is 36.8 Å². The Balaban J connectivity index is 2.00. The van der Waals surface area contributed by atoms with E-state index in [4.69, 9.17) is 0 Å². The summed E-state index contributed by atoms with van der Waals surface area (Å²) < 4.78 is 26.0. The molecule has 0 spiro atoms. The molecular formula is C17H19N3O3S. The number of anilines is 1. The molecule has 0 unspecified atom stereocenters. The maximum absolute atomic E-state index is 12.1. The molecule has 1 amide bonds. The van der Waals surface area contributed by atoms with Gasteiger partial charge < -0.3 is 5.32 Å². The van der Waals surface area contributed by atoms with Crippen molar-refractivity contribution in [3.8, 4) is 0 Å². The van der Waals surface area contributed by atoms with Gasteiger partial charge in [0.15, 0.2) is 0 Å². The van der Waals surface area contributed by atoms with Crippen molar-refractivity contribution >= 4 is 21.6 Å². The Kier molecular flexibility index (Phi) is 5.83. The molecule has 2 rings (SSSR count). The molecule has 0 bridgehead atoms. The highest BCUT2D eigenvalue weighted by Gasteiger charge is 2.11. The van der Waals surface area contributed by atoms with Gasteiger partial charge in [-0.25, -0.2) is 13.1 Å². The second-order valence-electron chi connectivity index (χ2n) is 5.24. The number of amides is 1. The molecule has 2 aromatic rings. The zero-order valence-electron chi connectivity index (χ0n) is 13.3. The van der Waals surface area contributed by atoms with Gasteiger partial charge >= 0.3 is 0 Å². The number of carbonyl (C=O) groups is 1. The monoisotopic (exact) mass is 345 g/mol. The first kappa shape index (κ1) is 17.8. The fourth-order valence-corrected chi connectivity index (χ4v) is 3.05. The largest absolute Gasteiger partial charge is 0.322 e. The van der Waals surface area contributed by atoms with Crippen LogP contribution in [-0.2, 0) is 15.8 Å². The van der Waals surface area contributed by atoms with Gasteiger partial charge in [0.2, 0.25) is 10.0 Å². The van der Waals surface area contributed by atoms with E-state index in [-0.39, 0.29) is 18.2 Å². The van der Waals surface area contributed by atoms with Crippen LogP contribution < -0.4 is 10.0 Å². The lowest BCUT2D eigenvalue weighted by Gasteiger charge is -2.08. The van der Waals surface area contributed by atoms with Gasteiger partial charge in [-0.1, -0.05) is 18.2 Å². The summed E-state index contributed by atoms with van der Waals surface area (Å²) >= 11 is 0. The number of benzene rings is 1. The molecule has 0 saturated heterocycles. The van der Waals surface area contributed by atoms with Crippen molar-refractivity contribution in [1.82, 2.24) is 9.71 Å². The quantitative estimate of drug-likeness (QED) is 0.753. The second-order valence-corrected chi connectivity index (χ2v) is 7.04. The zero-order valence-corrected chi connectivity index (χ0v) is 14.1. The predicted molar refractivity (Wildman–Crippen MR) is 94.2 cm³/mol. The maximum atomic E-state index is 12.1. The Morgan fingerprint density at radius 2 is 1.92 bits per heavy atom. The summed E-state index contributed by atoms with van der Waals surface area (Å²) in [5.74, 6) is -0.396. The lowest BCUT2D eigenvalue weighted by molar-refractivity contribution is 0.102. The first-order valence-electron chi connectivity index (χ1n) is 7.31. The molecule has 0 aliphatic heterocycles. The first-order valence-corrected chi connectivity index (χ1v) is 8.96. The molecule has 2 N–H and O–H groups in total. The Morgan fingerprint density at radius 3 is 2.50 bits per heavy atom. The van der Waals surface area contributed by atoms with Crippen molar-refractivity contribution in [3.05, 3.63) is 72.1 Å². The molecule has 0 fully saturated rings. The summed E-state index contributed by atoms with van der Waals surface area (Å²) in [5, 5.41) is 2.74. The van der Waals surface area contributed by atoms with Crippen LogP contribution in [0.2, 0.25) is 0 Å². The summed E-state index contributed by atoms with van der Waals surface area (Å²) in [5.41, 5.74) is 2.50. The first-order chi connectivity index (χ1) is 11.4. The minimum Gasteiger partial charge on any atom is -0.322 e. The van der Waals surface area contributed by atoms with Gasteiger partial charge in [-0.2, -0.15) is 0 Å². The van der Waals surface area contributed by atoms with E-state index in [2.05, 4.69) is 21.6 Å². The maximum Gasteiger partial charge on any atom is 0.257 e. The summed E-state index contributed by atoms with van der Waals surface area (Å²) in [6.45, 7) is 5.51. The van der Waals surface area contributed by atoms with Crippen molar-refractivity contribution in [1.29, 1.82) is 0 Å². The highest BCUT2D eigenvalue weighted by Crippen LogP contribution is 2.13. The van der Waals surface area contributed by atoms with Crippen LogP contribution in [0.4, 0.5) is 5.69 Å². The lowest BCUT2D eigenvalue weighted by Crippen LogP contribution is -2.25. The predicted octanol–water partition coefficient (Wildman–Crippen LogP) is 2.25. The van der Waals surface area contributed by atoms with E-state index >= 15 is 0 Å². The number of pyridine rings is 1. The van der Waals surface area contributed by atoms with E-state index in [9.17, 15) is 13.2 Å². The fourth-order valence-electron chi connectivity index (χ4n) is 1.95. The number of aryl methyl sites for hydroxylation is 1. The van der Waals surface area contributed by atoms with Crippen LogP contribution in [0.5, 0.6) is 0 Å². The number of rotatable bonds is 7. The van der Waals surface area contributed by atoms with Crippen molar-refractivity contribution < 1.29 is 13.2 Å². The van der Waals surface area contributed by atoms with E-state index in [1.165, 1.54) is 12.3 Å². The highest BCUT2D eigenvalue weighted by molar-refractivity contribution is 7.88. The Labute approximate surface area is 141 Å². The number of aromatic nitrogens is 1. The topological polar surface area (TPSA) is 88.2 Å². The minimum atomic E-state index is -3.40. The average molecular weight is 345 g/mol. The smallest absolute Gasteiger partial charge is 0.257 e. The van der Waals surface area contributed by atoms with E-state index in [1.807, 2.05) is 6.92 Å². The molecule has 24 heavy (non-hydrogen) atoms. The molecule has 0 aliphatic rings. The third kappa shape index (κ3) is 5.29.